The molecule has 3 nitrogen and oxygen atoms in total. The Bertz CT molecular complexity index is 302. The Hall–Kier alpha value is -1.25. The second kappa shape index (κ2) is 3.64. The maximum absolute atomic E-state index is 11.1. The first-order valence-electron chi connectivity index (χ1n) is 4.38. The highest BCUT2D eigenvalue weighted by Crippen LogP contribution is 2.25. The Labute approximate surface area is 77.9 Å². The number of hydrogen-bond acceptors (Lipinski definition) is 2. The third-order valence-electron chi connectivity index (χ3n) is 2.04. The van der Waals surface area contributed by atoms with Crippen molar-refractivity contribution in [2.24, 2.45) is 11.7 Å². The predicted molar refractivity (Wildman–Crippen MR) is 50.2 cm³/mol. The van der Waals surface area contributed by atoms with Gasteiger partial charge in [0.05, 0.1) is 5.92 Å². The van der Waals surface area contributed by atoms with Crippen LogP contribution >= 0.6 is 0 Å². The zero-order valence-electron chi connectivity index (χ0n) is 8.20. The third-order valence-corrected chi connectivity index (χ3v) is 2.04. The number of nitrogens with two attached hydrogens (primary N) is 1. The summed E-state index contributed by atoms with van der Waals surface area (Å²) in [5.41, 5.74) is 5.28. The van der Waals surface area contributed by atoms with E-state index in [9.17, 15) is 4.79 Å². The summed E-state index contributed by atoms with van der Waals surface area (Å²) < 4.78 is 5.37. The van der Waals surface area contributed by atoms with Crippen LogP contribution in [-0.2, 0) is 4.79 Å². The lowest BCUT2D eigenvalue weighted by Gasteiger charge is -2.13. The van der Waals surface area contributed by atoms with Crippen LogP contribution in [0.3, 0.4) is 0 Å². The summed E-state index contributed by atoms with van der Waals surface area (Å²) in [7, 11) is 0. The van der Waals surface area contributed by atoms with Gasteiger partial charge in [-0.25, -0.2) is 0 Å². The molecule has 0 radical (unpaired) electrons. The molecule has 1 rings (SSSR count). The zero-order chi connectivity index (χ0) is 10.0. The Morgan fingerprint density at radius 1 is 1.46 bits per heavy atom. The van der Waals surface area contributed by atoms with Crippen molar-refractivity contribution in [1.29, 1.82) is 0 Å². The maximum Gasteiger partial charge on any atom is 0.228 e. The molecule has 1 unspecified atom stereocenters. The van der Waals surface area contributed by atoms with Crippen molar-refractivity contribution in [3.63, 3.8) is 0 Å². The second-order valence-corrected chi connectivity index (χ2v) is 3.57. The highest BCUT2D eigenvalue weighted by atomic mass is 16.3. The van der Waals surface area contributed by atoms with E-state index in [1.807, 2.05) is 32.9 Å². The van der Waals surface area contributed by atoms with Crippen LogP contribution in [-0.4, -0.2) is 5.91 Å². The standard InChI is InChI=1S/C10H15NO2/c1-6(2)9(10(11)12)8-5-4-7(3)13-8/h4-6,9H,1-3H3,(H2,11,12). The van der Waals surface area contributed by atoms with Crippen molar-refractivity contribution in [2.45, 2.75) is 26.7 Å². The topological polar surface area (TPSA) is 56.2 Å². The van der Waals surface area contributed by atoms with Gasteiger partial charge in [-0.3, -0.25) is 4.79 Å². The minimum absolute atomic E-state index is 0.169. The lowest BCUT2D eigenvalue weighted by atomic mass is 9.93. The van der Waals surface area contributed by atoms with E-state index in [-0.39, 0.29) is 17.7 Å². The van der Waals surface area contributed by atoms with Crippen molar-refractivity contribution in [2.75, 3.05) is 0 Å². The molecule has 0 aliphatic rings. The fourth-order valence-corrected chi connectivity index (χ4v) is 1.42. The zero-order valence-corrected chi connectivity index (χ0v) is 8.20. The number of furan rings is 1. The molecule has 0 bridgehead atoms. The quantitative estimate of drug-likeness (QED) is 0.773. The summed E-state index contributed by atoms with van der Waals surface area (Å²) >= 11 is 0. The lowest BCUT2D eigenvalue weighted by Crippen LogP contribution is -2.25. The van der Waals surface area contributed by atoms with Crippen LogP contribution in [0.2, 0.25) is 0 Å². The fraction of sp³-hybridized carbons (Fsp3) is 0.500. The molecule has 2 N–H and O–H groups in total. The molecule has 13 heavy (non-hydrogen) atoms. The molecule has 1 amide bonds. The number of carbonyl (C=O) groups is 1. The minimum atomic E-state index is -0.329. The Kier molecular flexibility index (Phi) is 2.76. The van der Waals surface area contributed by atoms with Gasteiger partial charge in [-0.1, -0.05) is 13.8 Å². The van der Waals surface area contributed by atoms with E-state index in [2.05, 4.69) is 0 Å². The Morgan fingerprint density at radius 3 is 2.38 bits per heavy atom. The number of amides is 1. The van der Waals surface area contributed by atoms with Crippen molar-refractivity contribution in [3.05, 3.63) is 23.7 Å². The summed E-state index contributed by atoms with van der Waals surface area (Å²) in [6.45, 7) is 5.75. The number of rotatable bonds is 3. The summed E-state index contributed by atoms with van der Waals surface area (Å²) in [6.07, 6.45) is 0. The van der Waals surface area contributed by atoms with Gasteiger partial charge in [-0.05, 0) is 25.0 Å². The lowest BCUT2D eigenvalue weighted by molar-refractivity contribution is -0.120. The van der Waals surface area contributed by atoms with Crippen LogP contribution in [0.4, 0.5) is 0 Å². The summed E-state index contributed by atoms with van der Waals surface area (Å²) in [4.78, 5) is 11.1. The average Bonchev–Trinajstić information content (AvgIpc) is 2.34. The summed E-state index contributed by atoms with van der Waals surface area (Å²) in [5, 5.41) is 0. The van der Waals surface area contributed by atoms with Gasteiger partial charge >= 0.3 is 0 Å². The highest BCUT2D eigenvalue weighted by Gasteiger charge is 2.24. The molecule has 0 fully saturated rings. The first kappa shape index (κ1) is 9.84. The fourth-order valence-electron chi connectivity index (χ4n) is 1.42. The number of aryl methyl sites for hydroxylation is 1. The molecular formula is C10H15NO2. The molecule has 0 saturated carbocycles. The average molecular weight is 181 g/mol. The maximum atomic E-state index is 11.1. The highest BCUT2D eigenvalue weighted by molar-refractivity contribution is 5.81. The molecule has 1 aromatic heterocycles. The SMILES string of the molecule is Cc1ccc(C(C(N)=O)C(C)C)o1. The largest absolute Gasteiger partial charge is 0.466 e. The van der Waals surface area contributed by atoms with Crippen LogP contribution in [0.25, 0.3) is 0 Å². The van der Waals surface area contributed by atoms with Crippen molar-refractivity contribution < 1.29 is 9.21 Å². The first-order valence-corrected chi connectivity index (χ1v) is 4.38. The molecule has 1 heterocycles. The summed E-state index contributed by atoms with van der Waals surface area (Å²) in [5.74, 6) is 1.00. The molecule has 72 valence electrons. The molecular weight excluding hydrogens is 166 g/mol. The van der Waals surface area contributed by atoms with E-state index in [1.165, 1.54) is 0 Å². The van der Waals surface area contributed by atoms with Crippen LogP contribution in [0.5, 0.6) is 0 Å². The van der Waals surface area contributed by atoms with E-state index in [1.54, 1.807) is 0 Å². The molecule has 0 aliphatic carbocycles. The van der Waals surface area contributed by atoms with Crippen LogP contribution in [0.15, 0.2) is 16.5 Å². The van der Waals surface area contributed by atoms with Gasteiger partial charge in [0, 0.05) is 0 Å². The van der Waals surface area contributed by atoms with Gasteiger partial charge in [0.25, 0.3) is 0 Å². The van der Waals surface area contributed by atoms with E-state index in [4.69, 9.17) is 10.2 Å². The first-order chi connectivity index (χ1) is 6.02. The number of carbonyl (C=O) groups excluding carboxylic acids is 1. The van der Waals surface area contributed by atoms with Crippen molar-refractivity contribution in [3.8, 4) is 0 Å². The molecule has 1 atom stereocenters. The van der Waals surface area contributed by atoms with E-state index in [0.717, 1.165) is 5.76 Å². The molecule has 0 aromatic carbocycles. The van der Waals surface area contributed by atoms with Crippen LogP contribution in [0, 0.1) is 12.8 Å². The number of primary amides is 1. The molecule has 3 heteroatoms. The Morgan fingerprint density at radius 2 is 2.08 bits per heavy atom. The van der Waals surface area contributed by atoms with Gasteiger partial charge in [0.2, 0.25) is 5.91 Å². The monoisotopic (exact) mass is 181 g/mol. The van der Waals surface area contributed by atoms with Gasteiger partial charge in [0.1, 0.15) is 11.5 Å². The molecule has 0 saturated heterocycles. The predicted octanol–water partition coefficient (Wildman–Crippen LogP) is 1.81. The molecule has 0 spiro atoms. The van der Waals surface area contributed by atoms with Crippen molar-refractivity contribution in [1.82, 2.24) is 0 Å². The minimum Gasteiger partial charge on any atom is -0.466 e. The van der Waals surface area contributed by atoms with Crippen molar-refractivity contribution >= 4 is 5.91 Å². The van der Waals surface area contributed by atoms with Gasteiger partial charge in [-0.15, -0.1) is 0 Å². The van der Waals surface area contributed by atoms with Gasteiger partial charge < -0.3 is 10.2 Å². The third kappa shape index (κ3) is 2.11. The van der Waals surface area contributed by atoms with E-state index in [0.29, 0.717) is 5.76 Å². The second-order valence-electron chi connectivity index (χ2n) is 3.57. The van der Waals surface area contributed by atoms with Crippen LogP contribution < -0.4 is 5.73 Å². The normalized spacial score (nSPS) is 13.2. The smallest absolute Gasteiger partial charge is 0.228 e. The van der Waals surface area contributed by atoms with Gasteiger partial charge in [0.15, 0.2) is 0 Å². The summed E-state index contributed by atoms with van der Waals surface area (Å²) in [6, 6.07) is 3.65. The van der Waals surface area contributed by atoms with Gasteiger partial charge in [-0.2, -0.15) is 0 Å². The van der Waals surface area contributed by atoms with E-state index < -0.39 is 0 Å². The number of hydrogen-bond donors (Lipinski definition) is 1. The Balaban J connectivity index is 2.95. The molecule has 1 aromatic rings. The van der Waals surface area contributed by atoms with Crippen LogP contribution in [0.1, 0.15) is 31.3 Å². The molecule has 0 aliphatic heterocycles. The van der Waals surface area contributed by atoms with E-state index >= 15 is 0 Å².